The first-order valence-electron chi connectivity index (χ1n) is 8.91. The molecule has 4 aliphatic carbocycles. The van der Waals surface area contributed by atoms with Gasteiger partial charge in [-0.1, -0.05) is 48.1 Å². The molecule has 0 bridgehead atoms. The third-order valence-electron chi connectivity index (χ3n) is 7.68. The zero-order valence-corrected chi connectivity index (χ0v) is 15.8. The van der Waals surface area contributed by atoms with Crippen molar-refractivity contribution in [2.45, 2.75) is 68.8 Å². The summed E-state index contributed by atoms with van der Waals surface area (Å²) in [6.45, 7) is 4.70. The Bertz CT molecular complexity index is 542. The summed E-state index contributed by atoms with van der Waals surface area (Å²) in [5.74, 6) is 2.50. The predicted molar refractivity (Wildman–Crippen MR) is 95.9 cm³/mol. The van der Waals surface area contributed by atoms with E-state index in [2.05, 4.69) is 42.5 Å². The van der Waals surface area contributed by atoms with Crippen LogP contribution in [0.4, 0.5) is 0 Å². The Morgan fingerprint density at radius 2 is 2.05 bits per heavy atom. The quantitative estimate of drug-likeness (QED) is 0.365. The number of hydrogen-bond acceptors (Lipinski definition) is 2. The largest absolute Gasteiger partial charge is 0.393 e. The lowest BCUT2D eigenvalue weighted by molar-refractivity contribution is -0.131. The number of aliphatic hydroxyl groups is 1. The van der Waals surface area contributed by atoms with Crippen LogP contribution in [0.5, 0.6) is 0 Å². The number of alkyl halides is 1. The van der Waals surface area contributed by atoms with E-state index >= 15 is 0 Å². The zero-order valence-electron chi connectivity index (χ0n) is 13.6. The second kappa shape index (κ2) is 5.05. The monoisotopic (exact) mass is 414 g/mol. The number of hydrogen-bond donors (Lipinski definition) is 1. The van der Waals surface area contributed by atoms with Crippen molar-refractivity contribution in [3.8, 4) is 0 Å². The average Bonchev–Trinajstić information content (AvgIpc) is 2.75. The Morgan fingerprint density at radius 1 is 1.27 bits per heavy atom. The Hall–Kier alpha value is 0.1000. The van der Waals surface area contributed by atoms with Gasteiger partial charge in [0.2, 0.25) is 0 Å². The summed E-state index contributed by atoms with van der Waals surface area (Å²) < 4.78 is 0.592. The third kappa shape index (κ3) is 1.96. The van der Waals surface area contributed by atoms with Crippen LogP contribution < -0.4 is 0 Å². The molecule has 7 atom stereocenters. The van der Waals surface area contributed by atoms with Crippen molar-refractivity contribution < 1.29 is 9.90 Å². The molecule has 1 N–H and O–H groups in total. The summed E-state index contributed by atoms with van der Waals surface area (Å²) in [5, 5.41) is 10.1. The van der Waals surface area contributed by atoms with Crippen molar-refractivity contribution >= 4 is 28.4 Å². The summed E-state index contributed by atoms with van der Waals surface area (Å²) in [6, 6.07) is 0. The molecule has 0 amide bonds. The van der Waals surface area contributed by atoms with Gasteiger partial charge in [-0.2, -0.15) is 0 Å². The zero-order chi connectivity index (χ0) is 15.7. The lowest BCUT2D eigenvalue weighted by atomic mass is 9.48. The van der Waals surface area contributed by atoms with Crippen molar-refractivity contribution in [2.75, 3.05) is 0 Å². The van der Waals surface area contributed by atoms with E-state index in [4.69, 9.17) is 0 Å². The van der Waals surface area contributed by atoms with Gasteiger partial charge in [-0.3, -0.25) is 4.79 Å². The van der Waals surface area contributed by atoms with Crippen molar-refractivity contribution in [3.63, 3.8) is 0 Å². The minimum atomic E-state index is -0.134. The molecule has 0 aromatic rings. The highest BCUT2D eigenvalue weighted by Crippen LogP contribution is 2.65. The van der Waals surface area contributed by atoms with Crippen LogP contribution >= 0.6 is 22.6 Å². The molecular weight excluding hydrogens is 387 g/mol. The topological polar surface area (TPSA) is 37.3 Å². The van der Waals surface area contributed by atoms with Gasteiger partial charge < -0.3 is 5.11 Å². The molecule has 4 aliphatic rings. The first-order chi connectivity index (χ1) is 10.4. The van der Waals surface area contributed by atoms with E-state index in [0.29, 0.717) is 27.5 Å². The van der Waals surface area contributed by atoms with E-state index in [1.165, 1.54) is 5.57 Å². The van der Waals surface area contributed by atoms with Crippen LogP contribution in [-0.4, -0.2) is 20.9 Å². The van der Waals surface area contributed by atoms with Crippen LogP contribution in [0, 0.1) is 28.6 Å². The smallest absolute Gasteiger partial charge is 0.139 e. The predicted octanol–water partition coefficient (Wildman–Crippen LogP) is 4.29. The number of aliphatic hydroxyl groups excluding tert-OH is 1. The summed E-state index contributed by atoms with van der Waals surface area (Å²) in [6.07, 6.45) is 9.39. The summed E-state index contributed by atoms with van der Waals surface area (Å²) in [5.41, 5.74) is 1.73. The number of carbonyl (C=O) groups is 1. The molecule has 0 aromatic heterocycles. The summed E-state index contributed by atoms with van der Waals surface area (Å²) >= 11 is 2.65. The van der Waals surface area contributed by atoms with E-state index in [1.807, 2.05) is 0 Å². The first-order valence-corrected chi connectivity index (χ1v) is 10.2. The standard InChI is InChI=1S/C19H27IO2/c1-18-8-7-12(21)9-11(18)3-4-13-14-5-6-16(22)19(14,2)10-15(20)17(13)18/h3,12-15,17,21H,4-10H2,1-2H3/t12-,13-,14-,15-,17+,18-,19-/m0/s1. The van der Waals surface area contributed by atoms with Gasteiger partial charge in [0.15, 0.2) is 0 Å². The second-order valence-electron chi connectivity index (χ2n) is 8.67. The third-order valence-corrected chi connectivity index (χ3v) is 8.90. The van der Waals surface area contributed by atoms with Gasteiger partial charge in [-0.25, -0.2) is 0 Å². The molecule has 0 heterocycles. The van der Waals surface area contributed by atoms with Gasteiger partial charge in [-0.15, -0.1) is 0 Å². The normalized spacial score (nSPS) is 54.3. The lowest BCUT2D eigenvalue weighted by Gasteiger charge is -2.58. The molecule has 0 spiro atoms. The summed E-state index contributed by atoms with van der Waals surface area (Å²) in [4.78, 5) is 12.5. The number of fused-ring (bicyclic) bond motifs is 5. The number of Topliss-reactive ketones (excluding diaryl/α,β-unsaturated/α-hetero) is 1. The first kappa shape index (κ1) is 15.6. The molecule has 3 heteroatoms. The molecule has 0 unspecified atom stereocenters. The Labute approximate surface area is 147 Å². The van der Waals surface area contributed by atoms with E-state index in [9.17, 15) is 9.90 Å². The van der Waals surface area contributed by atoms with Gasteiger partial charge in [0.05, 0.1) is 6.10 Å². The van der Waals surface area contributed by atoms with Crippen LogP contribution in [0.25, 0.3) is 0 Å². The van der Waals surface area contributed by atoms with E-state index in [0.717, 1.165) is 44.9 Å². The molecule has 2 nitrogen and oxygen atoms in total. The SMILES string of the molecule is C[C@]12CC[C@H](O)CC1=CC[C@@H]1[C@@H]2[C@@H](I)C[C@]2(C)C(=O)CC[C@@H]12. The minimum absolute atomic E-state index is 0.0527. The molecule has 0 radical (unpaired) electrons. The molecule has 0 aliphatic heterocycles. The van der Waals surface area contributed by atoms with E-state index in [1.54, 1.807) is 0 Å². The summed E-state index contributed by atoms with van der Waals surface area (Å²) in [7, 11) is 0. The molecular formula is C19H27IO2. The molecule has 22 heavy (non-hydrogen) atoms. The number of ketones is 1. The lowest BCUT2D eigenvalue weighted by Crippen LogP contribution is -2.54. The number of allylic oxidation sites excluding steroid dienone is 1. The van der Waals surface area contributed by atoms with Crippen LogP contribution in [0.15, 0.2) is 11.6 Å². The molecule has 0 aromatic carbocycles. The van der Waals surface area contributed by atoms with E-state index < -0.39 is 0 Å². The molecule has 4 rings (SSSR count). The van der Waals surface area contributed by atoms with Crippen LogP contribution in [-0.2, 0) is 4.79 Å². The van der Waals surface area contributed by atoms with Gasteiger partial charge in [-0.05, 0) is 61.7 Å². The van der Waals surface area contributed by atoms with Crippen LogP contribution in [0.2, 0.25) is 0 Å². The van der Waals surface area contributed by atoms with Crippen molar-refractivity contribution in [1.82, 2.24) is 0 Å². The van der Waals surface area contributed by atoms with Gasteiger partial charge >= 0.3 is 0 Å². The fourth-order valence-corrected chi connectivity index (χ4v) is 8.72. The molecule has 3 fully saturated rings. The molecule has 3 saturated carbocycles. The van der Waals surface area contributed by atoms with Gasteiger partial charge in [0.1, 0.15) is 5.78 Å². The maximum Gasteiger partial charge on any atom is 0.139 e. The fourth-order valence-electron chi connectivity index (χ4n) is 6.47. The Balaban J connectivity index is 1.74. The highest BCUT2D eigenvalue weighted by molar-refractivity contribution is 14.1. The van der Waals surface area contributed by atoms with Gasteiger partial charge in [0.25, 0.3) is 0 Å². The second-order valence-corrected chi connectivity index (χ2v) is 10.3. The Morgan fingerprint density at radius 3 is 2.82 bits per heavy atom. The number of rotatable bonds is 0. The molecule has 122 valence electrons. The van der Waals surface area contributed by atoms with Crippen LogP contribution in [0.3, 0.4) is 0 Å². The average molecular weight is 414 g/mol. The number of halogens is 1. The highest BCUT2D eigenvalue weighted by atomic mass is 127. The molecule has 0 saturated heterocycles. The van der Waals surface area contributed by atoms with Crippen molar-refractivity contribution in [3.05, 3.63) is 11.6 Å². The maximum absolute atomic E-state index is 12.5. The Kier molecular flexibility index (Phi) is 3.58. The highest BCUT2D eigenvalue weighted by Gasteiger charge is 2.61. The van der Waals surface area contributed by atoms with Crippen molar-refractivity contribution in [1.29, 1.82) is 0 Å². The number of carbonyl (C=O) groups excluding carboxylic acids is 1. The van der Waals surface area contributed by atoms with Crippen LogP contribution in [0.1, 0.15) is 58.8 Å². The van der Waals surface area contributed by atoms with E-state index in [-0.39, 0.29) is 16.9 Å². The van der Waals surface area contributed by atoms with Gasteiger partial charge in [0, 0.05) is 15.8 Å². The van der Waals surface area contributed by atoms with Crippen molar-refractivity contribution in [2.24, 2.45) is 28.6 Å². The minimum Gasteiger partial charge on any atom is -0.393 e. The fraction of sp³-hybridized carbons (Fsp3) is 0.842. The maximum atomic E-state index is 12.5.